The molecular weight excluding hydrogens is 346 g/mol. The van der Waals surface area contributed by atoms with Crippen LogP contribution in [0.25, 0.3) is 6.08 Å². The van der Waals surface area contributed by atoms with Gasteiger partial charge in [0.2, 0.25) is 0 Å². The summed E-state index contributed by atoms with van der Waals surface area (Å²) in [4.78, 5) is 23.6. The van der Waals surface area contributed by atoms with Crippen LogP contribution in [0.2, 0.25) is 0 Å². The predicted octanol–water partition coefficient (Wildman–Crippen LogP) is 3.46. The summed E-state index contributed by atoms with van der Waals surface area (Å²) in [6.45, 7) is 1.70. The van der Waals surface area contributed by atoms with Crippen molar-refractivity contribution in [1.29, 1.82) is 0 Å². The standard InChI is InChI=1S/C21H23NO5/c1-4-15-5-9-17(10-6-15)22-20(23)14-27-21(24)12-8-16-7-11-18(25-2)19(13-16)26-3/h5-13H,4,14H2,1-3H3,(H,22,23)/b12-8+. The average molecular weight is 369 g/mol. The van der Waals surface area contributed by atoms with Crippen molar-refractivity contribution in [3.63, 3.8) is 0 Å². The Morgan fingerprint density at radius 1 is 1.00 bits per heavy atom. The summed E-state index contributed by atoms with van der Waals surface area (Å²) >= 11 is 0. The first kappa shape index (κ1) is 20.0. The van der Waals surface area contributed by atoms with Gasteiger partial charge >= 0.3 is 5.97 Å². The maximum atomic E-state index is 11.9. The van der Waals surface area contributed by atoms with Crippen molar-refractivity contribution >= 4 is 23.6 Å². The highest BCUT2D eigenvalue weighted by Crippen LogP contribution is 2.27. The molecule has 1 amide bonds. The zero-order valence-electron chi connectivity index (χ0n) is 15.7. The number of esters is 1. The van der Waals surface area contributed by atoms with E-state index in [4.69, 9.17) is 14.2 Å². The summed E-state index contributed by atoms with van der Waals surface area (Å²) in [5.74, 6) is 0.149. The molecular formula is C21H23NO5. The molecule has 0 bridgehead atoms. The van der Waals surface area contributed by atoms with E-state index in [-0.39, 0.29) is 6.61 Å². The lowest BCUT2D eigenvalue weighted by molar-refractivity contribution is -0.142. The number of nitrogens with one attached hydrogen (secondary N) is 1. The molecule has 0 aromatic heterocycles. The first-order valence-electron chi connectivity index (χ1n) is 8.51. The van der Waals surface area contributed by atoms with Crippen molar-refractivity contribution < 1.29 is 23.8 Å². The van der Waals surface area contributed by atoms with Gasteiger partial charge in [0, 0.05) is 11.8 Å². The number of amides is 1. The first-order chi connectivity index (χ1) is 13.0. The minimum atomic E-state index is -0.610. The third-order valence-corrected chi connectivity index (χ3v) is 3.81. The molecule has 0 fully saturated rings. The molecule has 2 aromatic rings. The quantitative estimate of drug-likeness (QED) is 0.570. The summed E-state index contributed by atoms with van der Waals surface area (Å²) in [5.41, 5.74) is 2.58. The summed E-state index contributed by atoms with van der Waals surface area (Å²) in [5, 5.41) is 2.68. The Labute approximate surface area is 158 Å². The maximum Gasteiger partial charge on any atom is 0.331 e. The zero-order valence-corrected chi connectivity index (χ0v) is 15.7. The normalized spacial score (nSPS) is 10.5. The van der Waals surface area contributed by atoms with Crippen LogP contribution in [0.4, 0.5) is 5.69 Å². The zero-order chi connectivity index (χ0) is 19.6. The van der Waals surface area contributed by atoms with Crippen LogP contribution in [0.1, 0.15) is 18.1 Å². The van der Waals surface area contributed by atoms with E-state index in [2.05, 4.69) is 12.2 Å². The van der Waals surface area contributed by atoms with E-state index in [0.29, 0.717) is 17.2 Å². The molecule has 6 nitrogen and oxygen atoms in total. The molecule has 2 rings (SSSR count). The van der Waals surface area contributed by atoms with E-state index in [1.54, 1.807) is 31.4 Å². The highest BCUT2D eigenvalue weighted by Gasteiger charge is 2.07. The fraction of sp³-hybridized carbons (Fsp3) is 0.238. The fourth-order valence-electron chi connectivity index (χ4n) is 2.33. The number of benzene rings is 2. The number of carbonyl (C=O) groups excluding carboxylic acids is 2. The van der Waals surface area contributed by atoms with Gasteiger partial charge in [0.1, 0.15) is 0 Å². The molecule has 0 saturated carbocycles. The van der Waals surface area contributed by atoms with Gasteiger partial charge in [-0.2, -0.15) is 0 Å². The summed E-state index contributed by atoms with van der Waals surface area (Å²) in [7, 11) is 3.09. The van der Waals surface area contributed by atoms with Crippen molar-refractivity contribution in [2.24, 2.45) is 0 Å². The molecule has 142 valence electrons. The molecule has 0 heterocycles. The lowest BCUT2D eigenvalue weighted by atomic mass is 10.1. The van der Waals surface area contributed by atoms with Crippen LogP contribution in [-0.4, -0.2) is 32.7 Å². The second-order valence-corrected chi connectivity index (χ2v) is 5.65. The minimum Gasteiger partial charge on any atom is -0.493 e. The molecule has 0 spiro atoms. The van der Waals surface area contributed by atoms with Crippen molar-refractivity contribution in [1.82, 2.24) is 0 Å². The van der Waals surface area contributed by atoms with E-state index < -0.39 is 11.9 Å². The molecule has 0 radical (unpaired) electrons. The topological polar surface area (TPSA) is 73.9 Å². The Morgan fingerprint density at radius 2 is 1.70 bits per heavy atom. The number of aryl methyl sites for hydroxylation is 1. The monoisotopic (exact) mass is 369 g/mol. The number of methoxy groups -OCH3 is 2. The van der Waals surface area contributed by atoms with Crippen molar-refractivity contribution in [2.45, 2.75) is 13.3 Å². The number of anilines is 1. The summed E-state index contributed by atoms with van der Waals surface area (Å²) in [6.07, 6.45) is 3.76. The Balaban J connectivity index is 1.84. The lowest BCUT2D eigenvalue weighted by Crippen LogP contribution is -2.20. The van der Waals surface area contributed by atoms with Crippen LogP contribution in [-0.2, 0) is 20.7 Å². The molecule has 1 N–H and O–H groups in total. The SMILES string of the molecule is CCc1ccc(NC(=O)COC(=O)/C=C/c2ccc(OC)c(OC)c2)cc1. The van der Waals surface area contributed by atoms with Crippen LogP contribution in [0.15, 0.2) is 48.5 Å². The van der Waals surface area contributed by atoms with Crippen LogP contribution < -0.4 is 14.8 Å². The van der Waals surface area contributed by atoms with Crippen LogP contribution >= 0.6 is 0 Å². The van der Waals surface area contributed by atoms with Gasteiger partial charge in [-0.3, -0.25) is 4.79 Å². The number of hydrogen-bond acceptors (Lipinski definition) is 5. The summed E-state index contributed by atoms with van der Waals surface area (Å²) in [6, 6.07) is 12.8. The molecule has 0 aliphatic rings. The van der Waals surface area contributed by atoms with Crippen molar-refractivity contribution in [3.05, 3.63) is 59.7 Å². The molecule has 0 aliphatic carbocycles. The Morgan fingerprint density at radius 3 is 2.33 bits per heavy atom. The predicted molar refractivity (Wildman–Crippen MR) is 104 cm³/mol. The van der Waals surface area contributed by atoms with Crippen LogP contribution in [0.3, 0.4) is 0 Å². The van der Waals surface area contributed by atoms with Gasteiger partial charge in [-0.25, -0.2) is 4.79 Å². The van der Waals surface area contributed by atoms with Crippen molar-refractivity contribution in [2.75, 3.05) is 26.1 Å². The smallest absolute Gasteiger partial charge is 0.331 e. The fourth-order valence-corrected chi connectivity index (χ4v) is 2.33. The summed E-state index contributed by atoms with van der Waals surface area (Å²) < 4.78 is 15.3. The largest absolute Gasteiger partial charge is 0.493 e. The van der Waals surface area contributed by atoms with E-state index >= 15 is 0 Å². The van der Waals surface area contributed by atoms with Gasteiger partial charge in [-0.1, -0.05) is 25.1 Å². The van der Waals surface area contributed by atoms with Crippen LogP contribution in [0.5, 0.6) is 11.5 Å². The van der Waals surface area contributed by atoms with E-state index in [1.807, 2.05) is 24.3 Å². The lowest BCUT2D eigenvalue weighted by Gasteiger charge is -2.07. The molecule has 0 aliphatic heterocycles. The van der Waals surface area contributed by atoms with Gasteiger partial charge in [0.15, 0.2) is 18.1 Å². The third-order valence-electron chi connectivity index (χ3n) is 3.81. The molecule has 27 heavy (non-hydrogen) atoms. The number of ether oxygens (including phenoxy) is 3. The molecule has 0 unspecified atom stereocenters. The van der Waals surface area contributed by atoms with Gasteiger partial charge in [-0.05, 0) is 47.9 Å². The Kier molecular flexibility index (Phi) is 7.43. The molecule has 0 saturated heterocycles. The highest BCUT2D eigenvalue weighted by molar-refractivity contribution is 5.94. The third kappa shape index (κ3) is 6.18. The second-order valence-electron chi connectivity index (χ2n) is 5.65. The Hall–Kier alpha value is -3.28. The first-order valence-corrected chi connectivity index (χ1v) is 8.51. The highest BCUT2D eigenvalue weighted by atomic mass is 16.5. The molecule has 6 heteroatoms. The molecule has 2 aromatic carbocycles. The number of rotatable bonds is 8. The Bertz CT molecular complexity index is 812. The van der Waals surface area contributed by atoms with Gasteiger partial charge in [0.25, 0.3) is 5.91 Å². The van der Waals surface area contributed by atoms with E-state index in [9.17, 15) is 9.59 Å². The number of carbonyl (C=O) groups is 2. The van der Waals surface area contributed by atoms with Gasteiger partial charge < -0.3 is 19.5 Å². The molecule has 0 atom stereocenters. The van der Waals surface area contributed by atoms with Crippen molar-refractivity contribution in [3.8, 4) is 11.5 Å². The number of hydrogen-bond donors (Lipinski definition) is 1. The van der Waals surface area contributed by atoms with Gasteiger partial charge in [0.05, 0.1) is 14.2 Å². The second kappa shape index (κ2) is 10.0. The minimum absolute atomic E-state index is 0.357. The van der Waals surface area contributed by atoms with E-state index in [1.165, 1.54) is 18.7 Å². The maximum absolute atomic E-state index is 11.9. The van der Waals surface area contributed by atoms with Crippen LogP contribution in [0, 0.1) is 0 Å². The average Bonchev–Trinajstić information content (AvgIpc) is 2.71. The van der Waals surface area contributed by atoms with E-state index in [0.717, 1.165) is 12.0 Å². The van der Waals surface area contributed by atoms with Gasteiger partial charge in [-0.15, -0.1) is 0 Å².